The molecule has 1 aliphatic heterocycles. The summed E-state index contributed by atoms with van der Waals surface area (Å²) in [6.45, 7) is 3.42. The molecule has 144 valence electrons. The zero-order chi connectivity index (χ0) is 19.6. The van der Waals surface area contributed by atoms with Crippen LogP contribution >= 0.6 is 0 Å². The molecule has 2 fully saturated rings. The fraction of sp³-hybridized carbons (Fsp3) is 0.524. The third-order valence-corrected chi connectivity index (χ3v) is 5.53. The minimum atomic E-state index is -0.580. The van der Waals surface area contributed by atoms with E-state index in [0.29, 0.717) is 5.56 Å². The zero-order valence-electron chi connectivity index (χ0n) is 15.8. The van der Waals surface area contributed by atoms with Crippen LogP contribution in [0.25, 0.3) is 0 Å². The summed E-state index contributed by atoms with van der Waals surface area (Å²) in [4.78, 5) is 50.2. The summed E-state index contributed by atoms with van der Waals surface area (Å²) >= 11 is 0. The lowest BCUT2D eigenvalue weighted by Gasteiger charge is -2.19. The lowest BCUT2D eigenvalue weighted by Crippen LogP contribution is -2.33. The molecule has 0 bridgehead atoms. The van der Waals surface area contributed by atoms with Crippen molar-refractivity contribution in [3.05, 3.63) is 34.9 Å². The molecule has 6 heteroatoms. The summed E-state index contributed by atoms with van der Waals surface area (Å²) in [7, 11) is 0. The predicted molar refractivity (Wildman–Crippen MR) is 98.0 cm³/mol. The lowest BCUT2D eigenvalue weighted by molar-refractivity contribution is -0.145. The van der Waals surface area contributed by atoms with Gasteiger partial charge < -0.3 is 4.74 Å². The van der Waals surface area contributed by atoms with Crippen LogP contribution in [0.4, 0.5) is 0 Å². The van der Waals surface area contributed by atoms with Crippen LogP contribution < -0.4 is 0 Å². The first kappa shape index (κ1) is 19.3. The maximum Gasteiger partial charge on any atom is 0.308 e. The Morgan fingerprint density at radius 3 is 2.33 bits per heavy atom. The Bertz CT molecular complexity index is 761. The third kappa shape index (κ3) is 4.10. The second-order valence-electron chi connectivity index (χ2n) is 7.48. The Hall–Kier alpha value is -2.50. The number of amides is 2. The molecule has 2 aliphatic rings. The zero-order valence-corrected chi connectivity index (χ0v) is 15.8. The molecule has 1 saturated heterocycles. The van der Waals surface area contributed by atoms with Gasteiger partial charge in [-0.2, -0.15) is 0 Å². The first-order valence-corrected chi connectivity index (χ1v) is 9.50. The van der Waals surface area contributed by atoms with Crippen molar-refractivity contribution in [3.8, 4) is 0 Å². The van der Waals surface area contributed by atoms with Gasteiger partial charge in [-0.3, -0.25) is 24.1 Å². The molecule has 27 heavy (non-hydrogen) atoms. The number of carbonyl (C=O) groups excluding carboxylic acids is 4. The van der Waals surface area contributed by atoms with Gasteiger partial charge >= 0.3 is 5.97 Å². The molecule has 1 aromatic rings. The predicted octanol–water partition coefficient (Wildman–Crippen LogP) is 2.59. The van der Waals surface area contributed by atoms with Gasteiger partial charge in [0, 0.05) is 12.1 Å². The fourth-order valence-electron chi connectivity index (χ4n) is 3.99. The molecule has 1 aromatic carbocycles. The molecule has 2 amide bonds. The van der Waals surface area contributed by atoms with Crippen molar-refractivity contribution in [2.24, 2.45) is 11.8 Å². The topological polar surface area (TPSA) is 80.8 Å². The van der Waals surface area contributed by atoms with Crippen molar-refractivity contribution in [1.29, 1.82) is 0 Å². The van der Waals surface area contributed by atoms with Crippen LogP contribution in [-0.4, -0.2) is 41.6 Å². The van der Waals surface area contributed by atoms with Gasteiger partial charge in [0.2, 0.25) is 17.6 Å². The number of fused-ring (bicyclic) bond motifs is 1. The van der Waals surface area contributed by atoms with Gasteiger partial charge in [0.05, 0.1) is 18.3 Å². The van der Waals surface area contributed by atoms with Crippen LogP contribution in [0.2, 0.25) is 0 Å². The number of hydrogen-bond acceptors (Lipinski definition) is 5. The number of esters is 1. The number of ether oxygens (including phenoxy) is 1. The van der Waals surface area contributed by atoms with Crippen LogP contribution in [0.1, 0.15) is 53.6 Å². The largest absolute Gasteiger partial charge is 0.457 e. The minimum absolute atomic E-state index is 0.0289. The molecule has 0 spiro atoms. The molecule has 3 rings (SSSR count). The molecule has 2 atom stereocenters. The molecule has 1 heterocycles. The number of nitrogens with zero attached hydrogens (tertiary/aromatic N) is 1. The van der Waals surface area contributed by atoms with Crippen molar-refractivity contribution in [1.82, 2.24) is 4.90 Å². The molecule has 0 N–H and O–H groups in total. The van der Waals surface area contributed by atoms with E-state index in [2.05, 4.69) is 0 Å². The van der Waals surface area contributed by atoms with E-state index in [1.807, 2.05) is 26.0 Å². The molecule has 0 unspecified atom stereocenters. The van der Waals surface area contributed by atoms with Gasteiger partial charge in [0.1, 0.15) is 0 Å². The summed E-state index contributed by atoms with van der Waals surface area (Å²) in [6.07, 6.45) is 3.35. The molecule has 1 aliphatic carbocycles. The van der Waals surface area contributed by atoms with Gasteiger partial charge in [0.25, 0.3) is 0 Å². The van der Waals surface area contributed by atoms with Crippen molar-refractivity contribution < 1.29 is 23.9 Å². The van der Waals surface area contributed by atoms with E-state index in [4.69, 9.17) is 4.74 Å². The Morgan fingerprint density at radius 2 is 1.70 bits per heavy atom. The van der Waals surface area contributed by atoms with E-state index < -0.39 is 5.97 Å². The van der Waals surface area contributed by atoms with E-state index in [1.54, 1.807) is 6.07 Å². The highest BCUT2D eigenvalue weighted by Crippen LogP contribution is 2.37. The van der Waals surface area contributed by atoms with Crippen LogP contribution in [0.3, 0.4) is 0 Å². The molecule has 0 aromatic heterocycles. The second kappa shape index (κ2) is 8.03. The SMILES string of the molecule is Cc1ccc(C)c(C(=O)COC(=O)CCN2C(=O)[C@H]3CCCC[C@@H]3C2=O)c1. The number of Topliss-reactive ketones (excluding diaryl/α,β-unsaturated/α-hetero) is 1. The Balaban J connectivity index is 1.50. The number of hydrogen-bond donors (Lipinski definition) is 0. The van der Waals surface area contributed by atoms with E-state index >= 15 is 0 Å². The number of ketones is 1. The first-order valence-electron chi connectivity index (χ1n) is 9.50. The summed E-state index contributed by atoms with van der Waals surface area (Å²) < 4.78 is 5.06. The molecular weight excluding hydrogens is 346 g/mol. The molecule has 0 radical (unpaired) electrons. The van der Waals surface area contributed by atoms with E-state index in [-0.39, 0.29) is 49.0 Å². The number of benzene rings is 1. The van der Waals surface area contributed by atoms with Gasteiger partial charge in [-0.1, -0.05) is 30.5 Å². The Morgan fingerprint density at radius 1 is 1.07 bits per heavy atom. The van der Waals surface area contributed by atoms with Crippen molar-refractivity contribution in [2.45, 2.75) is 46.0 Å². The number of likely N-dealkylation sites (tertiary alicyclic amines) is 1. The highest BCUT2D eigenvalue weighted by Gasteiger charge is 2.47. The van der Waals surface area contributed by atoms with Crippen LogP contribution in [0.5, 0.6) is 0 Å². The van der Waals surface area contributed by atoms with Gasteiger partial charge in [0.15, 0.2) is 6.61 Å². The lowest BCUT2D eigenvalue weighted by atomic mass is 9.81. The summed E-state index contributed by atoms with van der Waals surface area (Å²) in [5, 5.41) is 0. The molecular formula is C21H25NO5. The maximum atomic E-state index is 12.4. The fourth-order valence-corrected chi connectivity index (χ4v) is 3.99. The highest BCUT2D eigenvalue weighted by atomic mass is 16.5. The second-order valence-corrected chi connectivity index (χ2v) is 7.48. The van der Waals surface area contributed by atoms with Crippen LogP contribution in [0, 0.1) is 25.7 Å². The van der Waals surface area contributed by atoms with Gasteiger partial charge in [-0.05, 0) is 38.3 Å². The average molecular weight is 371 g/mol. The Kier molecular flexibility index (Phi) is 5.73. The van der Waals surface area contributed by atoms with Crippen molar-refractivity contribution in [2.75, 3.05) is 13.2 Å². The van der Waals surface area contributed by atoms with Crippen LogP contribution in [-0.2, 0) is 19.1 Å². The summed E-state index contributed by atoms with van der Waals surface area (Å²) in [5.74, 6) is -1.60. The monoisotopic (exact) mass is 371 g/mol. The smallest absolute Gasteiger partial charge is 0.308 e. The van der Waals surface area contributed by atoms with Crippen molar-refractivity contribution >= 4 is 23.6 Å². The number of rotatable bonds is 6. The third-order valence-electron chi connectivity index (χ3n) is 5.53. The molecule has 6 nitrogen and oxygen atoms in total. The standard InChI is InChI=1S/C21H25NO5/c1-13-7-8-14(2)17(11-13)18(23)12-27-19(24)9-10-22-20(25)15-5-3-4-6-16(15)21(22)26/h7-8,11,15-16H,3-6,9-10,12H2,1-2H3/t15-,16-/m0/s1. The number of imide groups is 1. The summed E-state index contributed by atoms with van der Waals surface area (Å²) in [6, 6.07) is 5.54. The number of carbonyl (C=O) groups is 4. The Labute approximate surface area is 158 Å². The first-order chi connectivity index (χ1) is 12.9. The van der Waals surface area contributed by atoms with E-state index in [1.165, 1.54) is 4.90 Å². The van der Waals surface area contributed by atoms with Gasteiger partial charge in [-0.25, -0.2) is 0 Å². The normalized spacial score (nSPS) is 21.9. The number of aryl methyl sites for hydroxylation is 2. The summed E-state index contributed by atoms with van der Waals surface area (Å²) in [5.41, 5.74) is 2.33. The highest BCUT2D eigenvalue weighted by molar-refractivity contribution is 6.05. The van der Waals surface area contributed by atoms with E-state index in [0.717, 1.165) is 36.8 Å². The average Bonchev–Trinajstić information content (AvgIpc) is 2.91. The molecule has 1 saturated carbocycles. The minimum Gasteiger partial charge on any atom is -0.457 e. The van der Waals surface area contributed by atoms with Gasteiger partial charge in [-0.15, -0.1) is 0 Å². The van der Waals surface area contributed by atoms with Crippen LogP contribution in [0.15, 0.2) is 18.2 Å². The maximum absolute atomic E-state index is 12.4. The van der Waals surface area contributed by atoms with Crippen molar-refractivity contribution in [3.63, 3.8) is 0 Å². The quantitative estimate of drug-likeness (QED) is 0.436. The van der Waals surface area contributed by atoms with E-state index in [9.17, 15) is 19.2 Å².